The van der Waals surface area contributed by atoms with Gasteiger partial charge in [0.15, 0.2) is 0 Å². The van der Waals surface area contributed by atoms with Crippen molar-refractivity contribution in [2.45, 2.75) is 19.8 Å². The first-order chi connectivity index (χ1) is 7.43. The zero-order chi connectivity index (χ0) is 10.8. The van der Waals surface area contributed by atoms with Gasteiger partial charge in [0.05, 0.1) is 13.2 Å². The average molecular weight is 204 g/mol. The Hall–Kier alpha value is -1.62. The van der Waals surface area contributed by atoms with Crippen LogP contribution in [0.5, 0.6) is 5.75 Å². The Balaban J connectivity index is 2.06. The second kappa shape index (κ2) is 7.75. The molecule has 0 unspecified atom stereocenters. The van der Waals surface area contributed by atoms with E-state index in [9.17, 15) is 0 Å². The number of benzene rings is 1. The van der Waals surface area contributed by atoms with E-state index in [4.69, 9.17) is 9.47 Å². The summed E-state index contributed by atoms with van der Waals surface area (Å²) < 4.78 is 10.4. The van der Waals surface area contributed by atoms with Gasteiger partial charge in [-0.1, -0.05) is 24.1 Å². The van der Waals surface area contributed by atoms with Gasteiger partial charge in [0, 0.05) is 6.42 Å². The lowest BCUT2D eigenvalue weighted by atomic mass is 10.3. The van der Waals surface area contributed by atoms with Crippen LogP contribution in [-0.4, -0.2) is 13.2 Å². The first-order valence-corrected chi connectivity index (χ1v) is 5.21. The minimum Gasteiger partial charge on any atom is -0.494 e. The molecular formula is C13H16O2. The number of hydrogen-bond donors (Lipinski definition) is 0. The zero-order valence-corrected chi connectivity index (χ0v) is 9.03. The van der Waals surface area contributed by atoms with Crippen molar-refractivity contribution in [3.63, 3.8) is 0 Å². The molecule has 0 fully saturated rings. The lowest BCUT2D eigenvalue weighted by molar-refractivity contribution is 0.297. The summed E-state index contributed by atoms with van der Waals surface area (Å²) >= 11 is 0. The first kappa shape index (κ1) is 11.5. The van der Waals surface area contributed by atoms with Gasteiger partial charge >= 0.3 is 0 Å². The predicted octanol–water partition coefficient (Wildman–Crippen LogP) is 2.84. The monoisotopic (exact) mass is 204 g/mol. The standard InChI is InChI=1S/C13H16O2/c1-2-14-11-7-4-8-12-15-13-9-5-3-6-10-13/h3,5-6,9-10H,2,4,8,12H2,1H3. The van der Waals surface area contributed by atoms with Gasteiger partial charge in [-0.15, -0.1) is 0 Å². The summed E-state index contributed by atoms with van der Waals surface area (Å²) in [6, 6.07) is 9.80. The van der Waals surface area contributed by atoms with E-state index in [1.54, 1.807) is 0 Å². The topological polar surface area (TPSA) is 18.5 Å². The van der Waals surface area contributed by atoms with Crippen LogP contribution in [0.15, 0.2) is 30.3 Å². The van der Waals surface area contributed by atoms with Gasteiger partial charge in [0.25, 0.3) is 0 Å². The fourth-order valence-corrected chi connectivity index (χ4v) is 1.04. The molecule has 0 radical (unpaired) electrons. The molecule has 0 aliphatic carbocycles. The zero-order valence-electron chi connectivity index (χ0n) is 9.03. The highest BCUT2D eigenvalue weighted by atomic mass is 16.5. The van der Waals surface area contributed by atoms with E-state index in [0.717, 1.165) is 18.6 Å². The third-order valence-corrected chi connectivity index (χ3v) is 1.75. The molecular weight excluding hydrogens is 188 g/mol. The van der Waals surface area contributed by atoms with Crippen LogP contribution in [0.4, 0.5) is 0 Å². The molecule has 2 nitrogen and oxygen atoms in total. The molecule has 0 N–H and O–H groups in total. The highest BCUT2D eigenvalue weighted by Gasteiger charge is 1.89. The Morgan fingerprint density at radius 2 is 2.00 bits per heavy atom. The fourth-order valence-electron chi connectivity index (χ4n) is 1.04. The van der Waals surface area contributed by atoms with Crippen molar-refractivity contribution in [2.24, 2.45) is 0 Å². The van der Waals surface area contributed by atoms with Gasteiger partial charge in [0.1, 0.15) is 11.9 Å². The summed E-state index contributed by atoms with van der Waals surface area (Å²) in [4.78, 5) is 0. The Morgan fingerprint density at radius 3 is 2.73 bits per heavy atom. The van der Waals surface area contributed by atoms with E-state index >= 15 is 0 Å². The molecule has 0 spiro atoms. The molecule has 0 heterocycles. The maximum Gasteiger partial charge on any atom is 0.119 e. The lowest BCUT2D eigenvalue weighted by Crippen LogP contribution is -1.96. The molecule has 1 rings (SSSR count). The molecule has 0 amide bonds. The molecule has 0 atom stereocenters. The molecule has 0 aromatic heterocycles. The SMILES string of the molecule is CCOC#CCCCOc1ccccc1. The number of hydrogen-bond acceptors (Lipinski definition) is 2. The molecule has 0 saturated heterocycles. The van der Waals surface area contributed by atoms with Crippen molar-refractivity contribution < 1.29 is 9.47 Å². The van der Waals surface area contributed by atoms with Gasteiger partial charge in [0.2, 0.25) is 0 Å². The quantitative estimate of drug-likeness (QED) is 0.542. The summed E-state index contributed by atoms with van der Waals surface area (Å²) in [6.45, 7) is 3.27. The lowest BCUT2D eigenvalue weighted by Gasteiger charge is -2.03. The Kier molecular flexibility index (Phi) is 5.92. The van der Waals surface area contributed by atoms with E-state index in [1.807, 2.05) is 37.3 Å². The van der Waals surface area contributed by atoms with Crippen LogP contribution in [0.3, 0.4) is 0 Å². The third-order valence-electron chi connectivity index (χ3n) is 1.75. The first-order valence-electron chi connectivity index (χ1n) is 5.21. The summed E-state index contributed by atoms with van der Waals surface area (Å²) in [7, 11) is 0. The number of unbranched alkanes of at least 4 members (excludes halogenated alkanes) is 1. The van der Waals surface area contributed by atoms with Crippen molar-refractivity contribution in [1.82, 2.24) is 0 Å². The van der Waals surface area contributed by atoms with Crippen molar-refractivity contribution in [1.29, 1.82) is 0 Å². The number of ether oxygens (including phenoxy) is 2. The van der Waals surface area contributed by atoms with Crippen LogP contribution in [-0.2, 0) is 4.74 Å². The highest BCUT2D eigenvalue weighted by molar-refractivity contribution is 5.20. The molecule has 80 valence electrons. The molecule has 15 heavy (non-hydrogen) atoms. The van der Waals surface area contributed by atoms with Crippen molar-refractivity contribution in [2.75, 3.05) is 13.2 Å². The van der Waals surface area contributed by atoms with Gasteiger partial charge in [-0.25, -0.2) is 0 Å². The fraction of sp³-hybridized carbons (Fsp3) is 0.385. The van der Waals surface area contributed by atoms with Gasteiger partial charge in [-0.2, -0.15) is 0 Å². The Morgan fingerprint density at radius 1 is 1.20 bits per heavy atom. The molecule has 0 aliphatic rings. The Bertz CT molecular complexity index is 308. The number of para-hydroxylation sites is 1. The summed E-state index contributed by atoms with van der Waals surface area (Å²) in [5.74, 6) is 3.83. The molecule has 2 heteroatoms. The van der Waals surface area contributed by atoms with Crippen molar-refractivity contribution in [3.05, 3.63) is 30.3 Å². The maximum atomic E-state index is 5.50. The molecule has 1 aromatic carbocycles. The summed E-state index contributed by atoms with van der Waals surface area (Å²) in [5, 5.41) is 0. The Labute approximate surface area is 91.2 Å². The maximum absolute atomic E-state index is 5.50. The molecule has 0 saturated carbocycles. The normalized spacial score (nSPS) is 8.87. The minimum atomic E-state index is 0.646. The van der Waals surface area contributed by atoms with E-state index in [-0.39, 0.29) is 0 Å². The molecule has 0 aliphatic heterocycles. The van der Waals surface area contributed by atoms with Crippen LogP contribution in [0.1, 0.15) is 19.8 Å². The van der Waals surface area contributed by atoms with Gasteiger partial charge in [-0.05, 0) is 25.5 Å². The van der Waals surface area contributed by atoms with Crippen molar-refractivity contribution in [3.8, 4) is 17.8 Å². The molecule has 0 bridgehead atoms. The second-order valence-electron chi connectivity index (χ2n) is 2.98. The average Bonchev–Trinajstić information content (AvgIpc) is 2.29. The third kappa shape index (κ3) is 5.64. The van der Waals surface area contributed by atoms with Gasteiger partial charge in [-0.3, -0.25) is 0 Å². The predicted molar refractivity (Wildman–Crippen MR) is 60.6 cm³/mol. The minimum absolute atomic E-state index is 0.646. The van der Waals surface area contributed by atoms with Crippen LogP contribution >= 0.6 is 0 Å². The van der Waals surface area contributed by atoms with E-state index in [2.05, 4.69) is 12.0 Å². The van der Waals surface area contributed by atoms with Crippen LogP contribution in [0, 0.1) is 12.0 Å². The molecule has 1 aromatic rings. The largest absolute Gasteiger partial charge is 0.494 e. The van der Waals surface area contributed by atoms with E-state index < -0.39 is 0 Å². The van der Waals surface area contributed by atoms with Crippen molar-refractivity contribution >= 4 is 0 Å². The van der Waals surface area contributed by atoms with Gasteiger partial charge < -0.3 is 9.47 Å². The summed E-state index contributed by atoms with van der Waals surface area (Å²) in [5.41, 5.74) is 0. The van der Waals surface area contributed by atoms with Crippen LogP contribution < -0.4 is 4.74 Å². The second-order valence-corrected chi connectivity index (χ2v) is 2.98. The van der Waals surface area contributed by atoms with Crippen LogP contribution in [0.25, 0.3) is 0 Å². The number of rotatable bonds is 5. The highest BCUT2D eigenvalue weighted by Crippen LogP contribution is 2.08. The van der Waals surface area contributed by atoms with E-state index in [1.165, 1.54) is 0 Å². The van der Waals surface area contributed by atoms with Crippen LogP contribution in [0.2, 0.25) is 0 Å². The summed E-state index contributed by atoms with van der Waals surface area (Å²) in [6.07, 6.45) is 4.37. The smallest absolute Gasteiger partial charge is 0.119 e. The van der Waals surface area contributed by atoms with E-state index in [0.29, 0.717) is 13.2 Å².